The number of carbonyl (C=O) groups excluding carboxylic acids is 1. The van der Waals surface area contributed by atoms with Gasteiger partial charge in [-0.05, 0) is 44.5 Å². The van der Waals surface area contributed by atoms with Crippen LogP contribution in [0.15, 0.2) is 58.9 Å². The van der Waals surface area contributed by atoms with Gasteiger partial charge < -0.3 is 20.1 Å². The first-order valence-electron chi connectivity index (χ1n) is 11.1. The minimum absolute atomic E-state index is 0.222. The topological polar surface area (TPSA) is 90.3 Å². The van der Waals surface area contributed by atoms with Gasteiger partial charge in [-0.25, -0.2) is 4.68 Å². The van der Waals surface area contributed by atoms with Gasteiger partial charge in [0.1, 0.15) is 17.5 Å². The van der Waals surface area contributed by atoms with Crippen LogP contribution in [0.3, 0.4) is 0 Å². The van der Waals surface area contributed by atoms with Gasteiger partial charge in [-0.2, -0.15) is 4.98 Å². The van der Waals surface area contributed by atoms with Gasteiger partial charge in [0.25, 0.3) is 5.91 Å². The van der Waals surface area contributed by atoms with Crippen molar-refractivity contribution in [3.8, 4) is 11.5 Å². The fourth-order valence-electron chi connectivity index (χ4n) is 3.85. The van der Waals surface area contributed by atoms with Crippen LogP contribution in [-0.2, 0) is 4.79 Å². The van der Waals surface area contributed by atoms with Gasteiger partial charge in [0, 0.05) is 28.8 Å². The Morgan fingerprint density at radius 1 is 1.15 bits per heavy atom. The van der Waals surface area contributed by atoms with Gasteiger partial charge in [0.2, 0.25) is 11.1 Å². The number of amides is 1. The van der Waals surface area contributed by atoms with Crippen LogP contribution < -0.4 is 20.1 Å². The second kappa shape index (κ2) is 10.2. The minimum atomic E-state index is -0.536. The number of thioether (sulfide) groups is 1. The Morgan fingerprint density at radius 3 is 2.59 bits per heavy atom. The molecule has 3 aromatic rings. The Bertz CT molecular complexity index is 1220. The normalized spacial score (nSPS) is 14.9. The lowest BCUT2D eigenvalue weighted by Gasteiger charge is -2.29. The number of nitrogens with one attached hydrogen (secondary N) is 2. The molecular formula is C25H29N5O3S. The second-order valence-corrected chi connectivity index (χ2v) is 9.07. The second-order valence-electron chi connectivity index (χ2n) is 8.01. The molecule has 0 fully saturated rings. The van der Waals surface area contributed by atoms with Crippen molar-refractivity contribution in [2.24, 2.45) is 0 Å². The van der Waals surface area contributed by atoms with E-state index in [1.54, 1.807) is 30.7 Å². The molecule has 8 nitrogen and oxygen atoms in total. The van der Waals surface area contributed by atoms with E-state index in [1.807, 2.05) is 56.3 Å². The van der Waals surface area contributed by atoms with Crippen molar-refractivity contribution in [3.63, 3.8) is 0 Å². The molecule has 1 atom stereocenters. The molecule has 2 aromatic carbocycles. The maximum Gasteiger partial charge on any atom is 0.255 e. The Hall–Kier alpha value is -3.46. The van der Waals surface area contributed by atoms with Crippen molar-refractivity contribution in [3.05, 3.63) is 64.9 Å². The molecule has 0 saturated heterocycles. The van der Waals surface area contributed by atoms with Crippen LogP contribution in [0.1, 0.15) is 37.4 Å². The standard InChI is InChI=1S/C25H29N5O3S/c1-6-13-34-25-28-24-26-16(3)21(23(31)27-17-9-7-15(2)8-10-17)22(30(24)29-25)19-12-11-18(32-4)14-20(19)33-5/h7-12,14,22H,6,13H2,1-5H3,(H,27,31)(H,26,28,29). The fraction of sp³-hybridized carbons (Fsp3) is 0.320. The van der Waals surface area contributed by atoms with Gasteiger partial charge >= 0.3 is 0 Å². The molecule has 0 saturated carbocycles. The maximum atomic E-state index is 13.6. The summed E-state index contributed by atoms with van der Waals surface area (Å²) in [5, 5.41) is 11.7. The van der Waals surface area contributed by atoms with E-state index in [9.17, 15) is 4.79 Å². The summed E-state index contributed by atoms with van der Waals surface area (Å²) in [6, 6.07) is 12.8. The number of hydrogen-bond donors (Lipinski definition) is 2. The van der Waals surface area contributed by atoms with Gasteiger partial charge in [0.05, 0.1) is 19.8 Å². The van der Waals surface area contributed by atoms with Crippen LogP contribution in [0, 0.1) is 6.92 Å². The summed E-state index contributed by atoms with van der Waals surface area (Å²) in [4.78, 5) is 18.3. The molecule has 1 aromatic heterocycles. The summed E-state index contributed by atoms with van der Waals surface area (Å²) < 4.78 is 12.8. The van der Waals surface area contributed by atoms with Crippen LogP contribution in [0.25, 0.3) is 0 Å². The largest absolute Gasteiger partial charge is 0.497 e. The number of fused-ring (bicyclic) bond motifs is 1. The Balaban J connectivity index is 1.81. The Labute approximate surface area is 203 Å². The number of anilines is 2. The third-order valence-corrected chi connectivity index (χ3v) is 6.60. The number of ether oxygens (including phenoxy) is 2. The lowest BCUT2D eigenvalue weighted by atomic mass is 9.94. The predicted octanol–water partition coefficient (Wildman–Crippen LogP) is 5.03. The zero-order chi connectivity index (χ0) is 24.2. The van der Waals surface area contributed by atoms with E-state index in [4.69, 9.17) is 14.6 Å². The molecule has 1 aliphatic rings. The van der Waals surface area contributed by atoms with Crippen LogP contribution in [0.5, 0.6) is 11.5 Å². The molecule has 0 aliphatic carbocycles. The monoisotopic (exact) mass is 479 g/mol. The summed E-state index contributed by atoms with van der Waals surface area (Å²) in [6.07, 6.45) is 1.01. The van der Waals surface area contributed by atoms with Gasteiger partial charge in [0.15, 0.2) is 0 Å². The molecule has 1 unspecified atom stereocenters. The summed E-state index contributed by atoms with van der Waals surface area (Å²) in [6.45, 7) is 6.01. The number of carbonyl (C=O) groups is 1. The van der Waals surface area contributed by atoms with Gasteiger partial charge in [-0.1, -0.05) is 36.4 Å². The van der Waals surface area contributed by atoms with E-state index in [-0.39, 0.29) is 5.91 Å². The summed E-state index contributed by atoms with van der Waals surface area (Å²) in [7, 11) is 3.21. The molecule has 1 amide bonds. The molecule has 2 heterocycles. The number of rotatable bonds is 8. The highest BCUT2D eigenvalue weighted by molar-refractivity contribution is 7.99. The average Bonchev–Trinajstić information content (AvgIpc) is 3.25. The van der Waals surface area contributed by atoms with Crippen molar-refractivity contribution in [1.29, 1.82) is 0 Å². The van der Waals surface area contributed by atoms with Crippen LogP contribution in [-0.4, -0.2) is 40.6 Å². The summed E-state index contributed by atoms with van der Waals surface area (Å²) >= 11 is 1.59. The van der Waals surface area contributed by atoms with Crippen molar-refractivity contribution >= 4 is 29.3 Å². The van der Waals surface area contributed by atoms with Crippen molar-refractivity contribution < 1.29 is 14.3 Å². The SMILES string of the molecule is CCCSc1nc2n(n1)C(c1ccc(OC)cc1OC)C(C(=O)Nc1ccc(C)cc1)=C(C)N2. The fourth-order valence-corrected chi connectivity index (χ4v) is 4.53. The predicted molar refractivity (Wildman–Crippen MR) is 135 cm³/mol. The lowest BCUT2D eigenvalue weighted by Crippen LogP contribution is -2.31. The highest BCUT2D eigenvalue weighted by atomic mass is 32.2. The molecule has 1 aliphatic heterocycles. The molecular weight excluding hydrogens is 450 g/mol. The molecule has 0 spiro atoms. The van der Waals surface area contributed by atoms with Crippen molar-refractivity contribution in [1.82, 2.24) is 14.8 Å². The maximum absolute atomic E-state index is 13.6. The van der Waals surface area contributed by atoms with Gasteiger partial charge in [-0.3, -0.25) is 4.79 Å². The molecule has 0 bridgehead atoms. The number of aromatic nitrogens is 3. The third kappa shape index (κ3) is 4.75. The van der Waals surface area contributed by atoms with E-state index in [1.165, 1.54) is 0 Å². The third-order valence-electron chi connectivity index (χ3n) is 5.56. The average molecular weight is 480 g/mol. The number of methoxy groups -OCH3 is 2. The highest BCUT2D eigenvalue weighted by Gasteiger charge is 2.36. The zero-order valence-electron chi connectivity index (χ0n) is 20.0. The Morgan fingerprint density at radius 2 is 1.91 bits per heavy atom. The summed E-state index contributed by atoms with van der Waals surface area (Å²) in [5.41, 5.74) is 3.88. The molecule has 4 rings (SSSR count). The van der Waals surface area contributed by atoms with E-state index < -0.39 is 6.04 Å². The number of allylic oxidation sites excluding steroid dienone is 1. The first-order chi connectivity index (χ1) is 16.4. The van der Waals surface area contributed by atoms with E-state index >= 15 is 0 Å². The minimum Gasteiger partial charge on any atom is -0.497 e. The first-order valence-corrected chi connectivity index (χ1v) is 12.1. The quantitative estimate of drug-likeness (QED) is 0.438. The highest BCUT2D eigenvalue weighted by Crippen LogP contribution is 2.41. The van der Waals surface area contributed by atoms with E-state index in [0.29, 0.717) is 33.9 Å². The lowest BCUT2D eigenvalue weighted by molar-refractivity contribution is -0.113. The molecule has 34 heavy (non-hydrogen) atoms. The van der Waals surface area contributed by atoms with Crippen LogP contribution in [0.2, 0.25) is 0 Å². The Kier molecular flexibility index (Phi) is 7.12. The zero-order valence-corrected chi connectivity index (χ0v) is 20.8. The number of aryl methyl sites for hydroxylation is 1. The van der Waals surface area contributed by atoms with E-state index in [2.05, 4.69) is 22.5 Å². The molecule has 0 radical (unpaired) electrons. The molecule has 9 heteroatoms. The smallest absolute Gasteiger partial charge is 0.255 e. The molecule has 178 valence electrons. The number of nitrogens with zero attached hydrogens (tertiary/aromatic N) is 3. The van der Waals surface area contributed by atoms with Crippen LogP contribution >= 0.6 is 11.8 Å². The molecule has 2 N–H and O–H groups in total. The van der Waals surface area contributed by atoms with Gasteiger partial charge in [-0.15, -0.1) is 5.10 Å². The number of hydrogen-bond acceptors (Lipinski definition) is 7. The van der Waals surface area contributed by atoms with Crippen molar-refractivity contribution in [2.45, 2.75) is 38.4 Å². The van der Waals surface area contributed by atoms with Crippen molar-refractivity contribution in [2.75, 3.05) is 30.6 Å². The summed E-state index contributed by atoms with van der Waals surface area (Å²) in [5.74, 6) is 2.54. The number of benzene rings is 2. The van der Waals surface area contributed by atoms with E-state index in [0.717, 1.165) is 29.0 Å². The van der Waals surface area contributed by atoms with Crippen LogP contribution in [0.4, 0.5) is 11.6 Å². The first kappa shape index (κ1) is 23.7.